The fourth-order valence-corrected chi connectivity index (χ4v) is 9.28. The summed E-state index contributed by atoms with van der Waals surface area (Å²) >= 11 is 0. The van der Waals surface area contributed by atoms with E-state index in [1.54, 1.807) is 0 Å². The van der Waals surface area contributed by atoms with Gasteiger partial charge in [-0.15, -0.1) is 0 Å². The van der Waals surface area contributed by atoms with E-state index in [-0.39, 0.29) is 0 Å². The SMILES string of the molecule is C(CO[C@@H]1C[C@@H]2C[C@@H]1[C@@H]1[C@@H]2C[C@H]2O[C@H]12)O[C@H]1C[C@@H]2C[C@H]1[C@@H]1[C@@H]2C[C@H]2O[C@H]12. The molecule has 2 heterocycles. The van der Waals surface area contributed by atoms with E-state index in [9.17, 15) is 0 Å². The number of epoxide rings is 2. The summed E-state index contributed by atoms with van der Waals surface area (Å²) in [5, 5.41) is 0. The molecule has 142 valence electrons. The molecule has 4 heteroatoms. The molecule has 8 aliphatic rings. The first-order valence-electron chi connectivity index (χ1n) is 11.4. The van der Waals surface area contributed by atoms with Crippen molar-refractivity contribution in [2.24, 2.45) is 47.3 Å². The molecule has 0 radical (unpaired) electrons. The zero-order valence-electron chi connectivity index (χ0n) is 15.4. The predicted molar refractivity (Wildman–Crippen MR) is 92.4 cm³/mol. The van der Waals surface area contributed by atoms with Crippen molar-refractivity contribution >= 4 is 0 Å². The smallest absolute Gasteiger partial charge is 0.0876 e. The summed E-state index contributed by atoms with van der Waals surface area (Å²) in [6.07, 6.45) is 11.6. The lowest BCUT2D eigenvalue weighted by atomic mass is 9.79. The molecule has 2 saturated heterocycles. The van der Waals surface area contributed by atoms with Gasteiger partial charge >= 0.3 is 0 Å². The van der Waals surface area contributed by atoms with Crippen LogP contribution in [0.15, 0.2) is 0 Å². The van der Waals surface area contributed by atoms with Gasteiger partial charge in [0.25, 0.3) is 0 Å². The second kappa shape index (κ2) is 4.87. The van der Waals surface area contributed by atoms with Crippen molar-refractivity contribution in [3.05, 3.63) is 0 Å². The summed E-state index contributed by atoms with van der Waals surface area (Å²) in [6, 6.07) is 0. The normalized spacial score (nSPS) is 67.4. The number of hydrogen-bond donors (Lipinski definition) is 0. The number of ether oxygens (including phenoxy) is 4. The maximum absolute atomic E-state index is 6.36. The highest BCUT2D eigenvalue weighted by molar-refractivity contribution is 5.15. The monoisotopic (exact) mass is 358 g/mol. The van der Waals surface area contributed by atoms with Gasteiger partial charge in [-0.3, -0.25) is 0 Å². The molecular weight excluding hydrogens is 328 g/mol. The largest absolute Gasteiger partial charge is 0.376 e. The van der Waals surface area contributed by atoms with Gasteiger partial charge in [-0.25, -0.2) is 0 Å². The Kier molecular flexibility index (Phi) is 2.77. The van der Waals surface area contributed by atoms with Gasteiger partial charge in [-0.1, -0.05) is 0 Å². The van der Waals surface area contributed by atoms with Gasteiger partial charge in [-0.05, 0) is 85.9 Å². The highest BCUT2D eigenvalue weighted by Crippen LogP contribution is 2.65. The maximum Gasteiger partial charge on any atom is 0.0876 e. The first-order chi connectivity index (χ1) is 12.8. The standard InChI is InChI=1S/C22H30O4/c1(23-15-5-9-3-13(15)19-11(9)7-17-21(19)25-17)2-24-16-6-10-4-14(16)20-12(10)8-18-22(20)26-18/h9-22H,1-8H2/t9-,10-,11+,12+,13-,14+,15+,16-,17+,18+,19-,20-,21-,22-/m0/s1. The van der Waals surface area contributed by atoms with Crippen molar-refractivity contribution in [3.63, 3.8) is 0 Å². The van der Waals surface area contributed by atoms with E-state index in [1.807, 2.05) is 0 Å². The van der Waals surface area contributed by atoms with E-state index >= 15 is 0 Å². The Morgan fingerprint density at radius 2 is 1.08 bits per heavy atom. The molecule has 2 aliphatic heterocycles. The number of hydrogen-bond acceptors (Lipinski definition) is 4. The Labute approximate surface area is 155 Å². The molecule has 0 N–H and O–H groups in total. The van der Waals surface area contributed by atoms with Crippen LogP contribution in [0.4, 0.5) is 0 Å². The molecule has 0 aromatic carbocycles. The number of rotatable bonds is 5. The highest BCUT2D eigenvalue weighted by Gasteiger charge is 2.67. The van der Waals surface area contributed by atoms with Crippen LogP contribution >= 0.6 is 0 Å². The van der Waals surface area contributed by atoms with Crippen molar-refractivity contribution in [2.45, 2.75) is 75.1 Å². The third-order valence-electron chi connectivity index (χ3n) is 10.1. The molecule has 6 saturated carbocycles. The van der Waals surface area contributed by atoms with Crippen LogP contribution in [0.5, 0.6) is 0 Å². The van der Waals surface area contributed by atoms with E-state index in [1.165, 1.54) is 38.5 Å². The van der Waals surface area contributed by atoms with E-state index in [0.717, 1.165) is 60.6 Å². The fourth-order valence-electron chi connectivity index (χ4n) is 9.28. The van der Waals surface area contributed by atoms with Gasteiger partial charge in [0, 0.05) is 0 Å². The van der Waals surface area contributed by atoms with E-state index in [0.29, 0.717) is 36.6 Å². The van der Waals surface area contributed by atoms with Gasteiger partial charge in [0.05, 0.1) is 49.8 Å². The Balaban J connectivity index is 0.860. The summed E-state index contributed by atoms with van der Waals surface area (Å²) in [7, 11) is 0. The molecule has 0 aromatic rings. The molecular formula is C22H30O4. The first-order valence-corrected chi connectivity index (χ1v) is 11.4. The molecule has 8 rings (SSSR count). The van der Waals surface area contributed by atoms with Crippen LogP contribution < -0.4 is 0 Å². The lowest BCUT2D eigenvalue weighted by molar-refractivity contribution is -0.0752. The third-order valence-corrected chi connectivity index (χ3v) is 10.1. The van der Waals surface area contributed by atoms with Crippen LogP contribution in [-0.2, 0) is 18.9 Å². The van der Waals surface area contributed by atoms with Crippen LogP contribution in [0.1, 0.15) is 38.5 Å². The van der Waals surface area contributed by atoms with E-state index in [2.05, 4.69) is 0 Å². The van der Waals surface area contributed by atoms with Gasteiger partial charge in [0.1, 0.15) is 0 Å². The minimum Gasteiger partial charge on any atom is -0.376 e. The van der Waals surface area contributed by atoms with Crippen LogP contribution in [0.3, 0.4) is 0 Å². The fraction of sp³-hybridized carbons (Fsp3) is 1.00. The summed E-state index contributed by atoms with van der Waals surface area (Å²) in [4.78, 5) is 0. The Morgan fingerprint density at radius 1 is 0.577 bits per heavy atom. The number of fused-ring (bicyclic) bond motifs is 14. The average Bonchev–Trinajstić information content (AvgIpc) is 3.19. The quantitative estimate of drug-likeness (QED) is 0.560. The van der Waals surface area contributed by atoms with Crippen LogP contribution in [0.2, 0.25) is 0 Å². The minimum absolute atomic E-state index is 0.493. The zero-order valence-corrected chi connectivity index (χ0v) is 15.4. The van der Waals surface area contributed by atoms with Crippen LogP contribution in [0, 0.1) is 47.3 Å². The van der Waals surface area contributed by atoms with Gasteiger partial charge < -0.3 is 18.9 Å². The van der Waals surface area contributed by atoms with E-state index in [4.69, 9.17) is 18.9 Å². The summed E-state index contributed by atoms with van der Waals surface area (Å²) in [5.74, 6) is 7.05. The Hall–Kier alpha value is -0.160. The van der Waals surface area contributed by atoms with Gasteiger partial charge in [-0.2, -0.15) is 0 Å². The second-order valence-corrected chi connectivity index (χ2v) is 10.8. The summed E-state index contributed by atoms with van der Waals surface area (Å²) < 4.78 is 24.4. The Bertz CT molecular complexity index is 584. The minimum atomic E-state index is 0.493. The summed E-state index contributed by atoms with van der Waals surface area (Å²) in [5.41, 5.74) is 0. The molecule has 26 heavy (non-hydrogen) atoms. The Morgan fingerprint density at radius 3 is 1.58 bits per heavy atom. The van der Waals surface area contributed by atoms with Crippen molar-refractivity contribution in [2.75, 3.05) is 13.2 Å². The van der Waals surface area contributed by atoms with Crippen LogP contribution in [0.25, 0.3) is 0 Å². The van der Waals surface area contributed by atoms with E-state index < -0.39 is 0 Å². The molecule has 4 nitrogen and oxygen atoms in total. The lowest BCUT2D eigenvalue weighted by Gasteiger charge is -2.34. The van der Waals surface area contributed by atoms with Crippen molar-refractivity contribution < 1.29 is 18.9 Å². The highest BCUT2D eigenvalue weighted by atomic mass is 16.6. The molecule has 14 atom stereocenters. The molecule has 0 amide bonds. The molecule has 4 bridgehead atoms. The first kappa shape index (κ1) is 14.8. The zero-order chi connectivity index (χ0) is 16.6. The topological polar surface area (TPSA) is 43.5 Å². The maximum atomic E-state index is 6.36. The van der Waals surface area contributed by atoms with Crippen LogP contribution in [-0.4, -0.2) is 49.8 Å². The molecule has 8 fully saturated rings. The molecule has 0 aromatic heterocycles. The molecule has 0 unspecified atom stereocenters. The lowest BCUT2D eigenvalue weighted by Crippen LogP contribution is -2.36. The van der Waals surface area contributed by atoms with Gasteiger partial charge in [0.15, 0.2) is 0 Å². The van der Waals surface area contributed by atoms with Crippen molar-refractivity contribution in [1.29, 1.82) is 0 Å². The van der Waals surface area contributed by atoms with Crippen molar-refractivity contribution in [1.82, 2.24) is 0 Å². The van der Waals surface area contributed by atoms with Gasteiger partial charge in [0.2, 0.25) is 0 Å². The second-order valence-electron chi connectivity index (χ2n) is 10.8. The average molecular weight is 358 g/mol. The van der Waals surface area contributed by atoms with Crippen molar-refractivity contribution in [3.8, 4) is 0 Å². The predicted octanol–water partition coefficient (Wildman–Crippen LogP) is 2.64. The summed E-state index contributed by atoms with van der Waals surface area (Å²) in [6.45, 7) is 1.59. The molecule has 6 aliphatic carbocycles. The molecule has 0 spiro atoms. The third kappa shape index (κ3) is 1.81.